The van der Waals surface area contributed by atoms with Crippen LogP contribution < -0.4 is 2.70 Å². The Morgan fingerprint density at radius 2 is 1.72 bits per heavy atom. The van der Waals surface area contributed by atoms with Crippen molar-refractivity contribution < 1.29 is 4.42 Å². The van der Waals surface area contributed by atoms with Crippen LogP contribution in [0.4, 0.5) is 5.69 Å². The predicted octanol–water partition coefficient (Wildman–Crippen LogP) is 6.08. The lowest BCUT2D eigenvalue weighted by Gasteiger charge is -2.24. The fourth-order valence-electron chi connectivity index (χ4n) is 3.89. The van der Waals surface area contributed by atoms with Crippen molar-refractivity contribution in [3.05, 3.63) is 66.5 Å². The molecule has 0 radical (unpaired) electrons. The lowest BCUT2D eigenvalue weighted by atomic mass is 10.0. The van der Waals surface area contributed by atoms with Gasteiger partial charge >= 0.3 is 0 Å². The van der Waals surface area contributed by atoms with E-state index < -0.39 is 0 Å². The zero-order valence-corrected chi connectivity index (χ0v) is 16.3. The average Bonchev–Trinajstić information content (AvgIpc) is 3.16. The van der Waals surface area contributed by atoms with E-state index in [0.717, 1.165) is 20.5 Å². The number of fused-ring (bicyclic) bond motifs is 5. The van der Waals surface area contributed by atoms with Gasteiger partial charge in [0, 0.05) is 29.3 Å². The van der Waals surface area contributed by atoms with Gasteiger partial charge in [-0.05, 0) is 24.4 Å². The highest BCUT2D eigenvalue weighted by molar-refractivity contribution is 14.1. The van der Waals surface area contributed by atoms with Crippen LogP contribution in [0.2, 0.25) is 0 Å². The van der Waals surface area contributed by atoms with Gasteiger partial charge in [-0.25, -0.2) is 0 Å². The van der Waals surface area contributed by atoms with E-state index in [1.54, 1.807) is 0 Å². The summed E-state index contributed by atoms with van der Waals surface area (Å²) in [6.07, 6.45) is 4.37. The molecule has 0 N–H and O–H groups in total. The molecule has 25 heavy (non-hydrogen) atoms. The standard InChI is InChI=1S/C21H18IN2O/c1-14-19(24(22)12-11-23(2)13-24)10-9-17-18-8-7-15-5-3-4-6-16(15)21(18)25-20(14)17/h3-12H,13H2,1-2H3/q+1. The van der Waals surface area contributed by atoms with E-state index in [1.165, 1.54) is 32.8 Å². The number of furan rings is 1. The van der Waals surface area contributed by atoms with Crippen LogP contribution in [0.15, 0.2) is 65.3 Å². The minimum absolute atomic E-state index is 0.744. The van der Waals surface area contributed by atoms with Crippen LogP contribution in [0.25, 0.3) is 32.7 Å². The van der Waals surface area contributed by atoms with E-state index in [0.29, 0.717) is 0 Å². The van der Waals surface area contributed by atoms with Crippen molar-refractivity contribution in [3.8, 4) is 0 Å². The number of quaternary nitrogens is 1. The molecule has 0 aliphatic carbocycles. The molecule has 1 atom stereocenters. The molecule has 0 saturated carbocycles. The number of hydrogen-bond acceptors (Lipinski definition) is 2. The molecule has 0 amide bonds. The van der Waals surface area contributed by atoms with E-state index in [1.807, 2.05) is 0 Å². The number of aryl methyl sites for hydroxylation is 1. The second kappa shape index (κ2) is 5.22. The Morgan fingerprint density at radius 1 is 0.960 bits per heavy atom. The monoisotopic (exact) mass is 441 g/mol. The molecule has 3 aromatic carbocycles. The van der Waals surface area contributed by atoms with Gasteiger partial charge in [0.2, 0.25) is 0 Å². The van der Waals surface area contributed by atoms with Crippen LogP contribution >= 0.6 is 22.9 Å². The molecule has 0 spiro atoms. The van der Waals surface area contributed by atoms with E-state index >= 15 is 0 Å². The number of nitrogens with zero attached hydrogens (tertiary/aromatic N) is 2. The molecular weight excluding hydrogens is 423 g/mol. The molecule has 124 valence electrons. The second-order valence-electron chi connectivity index (χ2n) is 6.82. The summed E-state index contributed by atoms with van der Waals surface area (Å²) in [6.45, 7) is 3.10. The van der Waals surface area contributed by atoms with E-state index in [-0.39, 0.29) is 0 Å². The molecule has 0 fully saturated rings. The smallest absolute Gasteiger partial charge is 0.261 e. The van der Waals surface area contributed by atoms with Crippen molar-refractivity contribution in [2.45, 2.75) is 6.92 Å². The van der Waals surface area contributed by atoms with E-state index in [9.17, 15) is 0 Å². The van der Waals surface area contributed by atoms with Gasteiger partial charge < -0.3 is 9.32 Å². The van der Waals surface area contributed by atoms with Gasteiger partial charge in [0.25, 0.3) is 22.9 Å². The molecule has 0 saturated heterocycles. The zero-order chi connectivity index (χ0) is 17.2. The molecule has 1 unspecified atom stereocenters. The van der Waals surface area contributed by atoms with Crippen LogP contribution in [0, 0.1) is 6.92 Å². The number of hydrogen-bond donors (Lipinski definition) is 0. The second-order valence-corrected chi connectivity index (χ2v) is 8.54. The van der Waals surface area contributed by atoms with Gasteiger partial charge in [0.05, 0.1) is 11.8 Å². The maximum Gasteiger partial charge on any atom is 0.261 e. The van der Waals surface area contributed by atoms with Gasteiger partial charge in [-0.1, -0.05) is 30.3 Å². The molecule has 1 aliphatic heterocycles. The lowest BCUT2D eigenvalue weighted by molar-refractivity contribution is 0.419. The Morgan fingerprint density at radius 3 is 2.52 bits per heavy atom. The third kappa shape index (κ3) is 2.14. The van der Waals surface area contributed by atoms with Crippen LogP contribution in [0.5, 0.6) is 0 Å². The summed E-state index contributed by atoms with van der Waals surface area (Å²) in [4.78, 5) is 2.21. The fourth-order valence-corrected chi connectivity index (χ4v) is 5.04. The maximum atomic E-state index is 6.42. The highest BCUT2D eigenvalue weighted by Gasteiger charge is 2.34. The Hall–Kier alpha value is -2.05. The highest BCUT2D eigenvalue weighted by Crippen LogP contribution is 2.42. The summed E-state index contributed by atoms with van der Waals surface area (Å²) in [6, 6.07) is 17.2. The third-order valence-electron chi connectivity index (χ3n) is 5.14. The molecule has 4 heteroatoms. The minimum Gasteiger partial charge on any atom is -0.455 e. The quantitative estimate of drug-likeness (QED) is 0.263. The molecule has 1 aromatic heterocycles. The molecular formula is C21H18IN2O+. The zero-order valence-electron chi connectivity index (χ0n) is 14.2. The predicted molar refractivity (Wildman–Crippen MR) is 114 cm³/mol. The van der Waals surface area contributed by atoms with Gasteiger partial charge in [-0.2, -0.15) is 2.70 Å². The summed E-state index contributed by atoms with van der Waals surface area (Å²) in [5.41, 5.74) is 4.48. The Labute approximate surface area is 160 Å². The van der Waals surface area contributed by atoms with Crippen LogP contribution in [0.1, 0.15) is 5.56 Å². The summed E-state index contributed by atoms with van der Waals surface area (Å²) < 4.78 is 7.16. The Kier molecular flexibility index (Phi) is 3.18. The molecule has 4 aromatic rings. The first-order valence-corrected chi connectivity index (χ1v) is 9.34. The van der Waals surface area contributed by atoms with Crippen LogP contribution in [0.3, 0.4) is 0 Å². The van der Waals surface area contributed by atoms with E-state index in [4.69, 9.17) is 4.42 Å². The normalized spacial score (nSPS) is 20.4. The summed E-state index contributed by atoms with van der Waals surface area (Å²) in [5.74, 6) is 0. The van der Waals surface area contributed by atoms with Crippen molar-refractivity contribution in [1.82, 2.24) is 7.60 Å². The van der Waals surface area contributed by atoms with Crippen molar-refractivity contribution in [3.63, 3.8) is 0 Å². The SMILES string of the molecule is Cc1c([N+]2(I)C=CN(C)C2)ccc2c1oc1c3ccccc3ccc21. The first-order chi connectivity index (χ1) is 12.1. The van der Waals surface area contributed by atoms with Crippen molar-refractivity contribution in [2.75, 3.05) is 13.7 Å². The number of benzene rings is 3. The highest BCUT2D eigenvalue weighted by atomic mass is 127. The topological polar surface area (TPSA) is 16.4 Å². The number of halogens is 1. The third-order valence-corrected chi connectivity index (χ3v) is 6.28. The average molecular weight is 441 g/mol. The minimum atomic E-state index is 0.744. The van der Waals surface area contributed by atoms with Gasteiger partial charge in [0.1, 0.15) is 17.4 Å². The maximum absolute atomic E-state index is 6.42. The van der Waals surface area contributed by atoms with Crippen molar-refractivity contribution >= 4 is 61.3 Å². The van der Waals surface area contributed by atoms with Gasteiger partial charge in [0.15, 0.2) is 12.4 Å². The van der Waals surface area contributed by atoms with Crippen molar-refractivity contribution in [2.24, 2.45) is 0 Å². The molecule has 0 bridgehead atoms. The molecule has 2 heterocycles. The summed E-state index contributed by atoms with van der Waals surface area (Å²) >= 11 is 2.50. The number of rotatable bonds is 1. The fraction of sp³-hybridized carbons (Fsp3) is 0.143. The lowest BCUT2D eigenvalue weighted by Crippen LogP contribution is -2.34. The Bertz CT molecular complexity index is 1180. The first-order valence-electron chi connectivity index (χ1n) is 8.38. The van der Waals surface area contributed by atoms with Crippen LogP contribution in [-0.4, -0.2) is 18.6 Å². The van der Waals surface area contributed by atoms with E-state index in [2.05, 4.69) is 103 Å². The van der Waals surface area contributed by atoms with Gasteiger partial charge in [-0.15, -0.1) is 0 Å². The molecule has 3 nitrogen and oxygen atoms in total. The molecule has 5 rings (SSSR count). The Balaban J connectivity index is 1.83. The summed E-state index contributed by atoms with van der Waals surface area (Å²) in [7, 11) is 2.11. The van der Waals surface area contributed by atoms with Crippen LogP contribution in [-0.2, 0) is 0 Å². The summed E-state index contributed by atoms with van der Waals surface area (Å²) in [5, 5.41) is 4.78. The van der Waals surface area contributed by atoms with Gasteiger partial charge in [-0.3, -0.25) is 0 Å². The van der Waals surface area contributed by atoms with Crippen molar-refractivity contribution in [1.29, 1.82) is 0 Å². The largest absolute Gasteiger partial charge is 0.455 e. The first kappa shape index (κ1) is 15.2. The molecule has 1 aliphatic rings.